The topological polar surface area (TPSA) is 100 Å². The second kappa shape index (κ2) is 8.76. The van der Waals surface area contributed by atoms with Crippen LogP contribution in [0.3, 0.4) is 0 Å². The van der Waals surface area contributed by atoms with E-state index in [9.17, 15) is 4.79 Å². The lowest BCUT2D eigenvalue weighted by atomic mass is 10.1. The van der Waals surface area contributed by atoms with Crippen LogP contribution in [0, 0.1) is 0 Å². The van der Waals surface area contributed by atoms with Gasteiger partial charge in [-0.1, -0.05) is 6.07 Å². The van der Waals surface area contributed by atoms with Gasteiger partial charge < -0.3 is 14.6 Å². The summed E-state index contributed by atoms with van der Waals surface area (Å²) < 4.78 is 5.82. The Morgan fingerprint density at radius 1 is 1.12 bits per heavy atom. The lowest BCUT2D eigenvalue weighted by Crippen LogP contribution is -2.45. The molecule has 5 heterocycles. The molecule has 1 saturated heterocycles. The van der Waals surface area contributed by atoms with E-state index in [-0.39, 0.29) is 17.8 Å². The second-order valence-electron chi connectivity index (χ2n) is 8.61. The van der Waals surface area contributed by atoms with Crippen LogP contribution in [0.25, 0.3) is 11.4 Å². The Morgan fingerprint density at radius 2 is 1.91 bits per heavy atom. The van der Waals surface area contributed by atoms with Crippen LogP contribution >= 0.6 is 0 Å². The van der Waals surface area contributed by atoms with Crippen molar-refractivity contribution in [1.29, 1.82) is 0 Å². The molecule has 32 heavy (non-hydrogen) atoms. The molecule has 3 aromatic heterocycles. The maximum atomic E-state index is 12.7. The molecule has 0 aromatic carbocycles. The normalized spacial score (nSPS) is 21.4. The van der Waals surface area contributed by atoms with Gasteiger partial charge >= 0.3 is 0 Å². The first-order chi connectivity index (χ1) is 15.5. The maximum absolute atomic E-state index is 12.7. The first-order valence-electron chi connectivity index (χ1n) is 11.0. The second-order valence-corrected chi connectivity index (χ2v) is 8.61. The fraction of sp³-hybridized carbons (Fsp3) is 0.435. The molecule has 1 fully saturated rings. The minimum atomic E-state index is -0.0948. The molecule has 9 heteroatoms. The van der Waals surface area contributed by atoms with Crippen molar-refractivity contribution >= 4 is 5.82 Å². The highest BCUT2D eigenvalue weighted by Gasteiger charge is 2.24. The third-order valence-corrected chi connectivity index (χ3v) is 5.94. The van der Waals surface area contributed by atoms with Gasteiger partial charge in [-0.3, -0.25) is 9.69 Å². The lowest BCUT2D eigenvalue weighted by Gasteiger charge is -2.36. The molecule has 0 saturated carbocycles. The summed E-state index contributed by atoms with van der Waals surface area (Å²) in [6.07, 6.45) is 7.85. The zero-order valence-corrected chi connectivity index (χ0v) is 18.4. The van der Waals surface area contributed by atoms with Crippen LogP contribution in [0.1, 0.15) is 30.7 Å². The molecule has 3 aromatic rings. The van der Waals surface area contributed by atoms with Crippen LogP contribution in [0.2, 0.25) is 0 Å². The monoisotopic (exact) mass is 433 g/mol. The summed E-state index contributed by atoms with van der Waals surface area (Å²) in [5.41, 5.74) is 3.34. The third-order valence-electron chi connectivity index (χ3n) is 5.94. The van der Waals surface area contributed by atoms with Crippen molar-refractivity contribution in [3.8, 4) is 11.4 Å². The Balaban J connectivity index is 1.27. The molecule has 0 radical (unpaired) electrons. The van der Waals surface area contributed by atoms with E-state index in [1.54, 1.807) is 12.4 Å². The van der Waals surface area contributed by atoms with Crippen molar-refractivity contribution in [2.45, 2.75) is 45.6 Å². The van der Waals surface area contributed by atoms with Gasteiger partial charge in [0.05, 0.1) is 29.0 Å². The highest BCUT2D eigenvalue weighted by molar-refractivity contribution is 5.52. The number of aromatic amines is 1. The summed E-state index contributed by atoms with van der Waals surface area (Å²) in [5, 5.41) is 0. The highest BCUT2D eigenvalue weighted by Crippen LogP contribution is 2.21. The van der Waals surface area contributed by atoms with E-state index < -0.39 is 0 Å². The number of H-pyrrole nitrogens is 1. The number of anilines is 1. The Hall–Kier alpha value is -3.17. The first kappa shape index (κ1) is 20.7. The molecule has 2 aliphatic rings. The number of hydrogen-bond acceptors (Lipinski definition) is 8. The number of fused-ring (bicyclic) bond motifs is 1. The van der Waals surface area contributed by atoms with Crippen LogP contribution in [-0.2, 0) is 24.2 Å². The van der Waals surface area contributed by atoms with Gasteiger partial charge in [0.25, 0.3) is 5.56 Å². The molecule has 2 aliphatic heterocycles. The molecule has 0 bridgehead atoms. The smallest absolute Gasteiger partial charge is 0.255 e. The number of ether oxygens (including phenoxy) is 1. The van der Waals surface area contributed by atoms with Gasteiger partial charge in [0.15, 0.2) is 0 Å². The van der Waals surface area contributed by atoms with Crippen molar-refractivity contribution in [3.05, 3.63) is 64.2 Å². The zero-order chi connectivity index (χ0) is 22.1. The fourth-order valence-corrected chi connectivity index (χ4v) is 4.49. The number of rotatable bonds is 4. The molecule has 9 nitrogen and oxygen atoms in total. The summed E-state index contributed by atoms with van der Waals surface area (Å²) in [5.74, 6) is 1.51. The SMILES string of the molecule is CC1CN(c2ccc(CN3CCc4nc(-c5cncnc5)[nH]c(=O)c4C3)cn2)CC(C)O1. The summed E-state index contributed by atoms with van der Waals surface area (Å²) in [4.78, 5) is 37.5. The number of pyridine rings is 1. The average molecular weight is 434 g/mol. The molecule has 0 spiro atoms. The highest BCUT2D eigenvalue weighted by atomic mass is 16.5. The minimum Gasteiger partial charge on any atom is -0.372 e. The molecule has 1 N–H and O–H groups in total. The van der Waals surface area contributed by atoms with Gasteiger partial charge in [0.2, 0.25) is 0 Å². The standard InChI is InChI=1S/C23H27N7O2/c1-15-10-30(11-16(2)32-15)21-4-3-17(7-26-21)12-29-6-5-20-19(13-29)23(31)28-22(27-20)18-8-24-14-25-9-18/h3-4,7-9,14-16H,5-6,10-13H2,1-2H3,(H,27,28,31). The minimum absolute atomic E-state index is 0.0948. The predicted octanol–water partition coefficient (Wildman–Crippen LogP) is 1.79. The van der Waals surface area contributed by atoms with Crippen molar-refractivity contribution in [2.75, 3.05) is 24.5 Å². The third kappa shape index (κ3) is 4.39. The van der Waals surface area contributed by atoms with Gasteiger partial charge in [-0.15, -0.1) is 0 Å². The Bertz CT molecular complexity index is 1120. The van der Waals surface area contributed by atoms with E-state index in [0.717, 1.165) is 55.2 Å². The predicted molar refractivity (Wildman–Crippen MR) is 120 cm³/mol. The maximum Gasteiger partial charge on any atom is 0.255 e. The number of nitrogens with zero attached hydrogens (tertiary/aromatic N) is 6. The molecule has 166 valence electrons. The van der Waals surface area contributed by atoms with Crippen LogP contribution in [0.4, 0.5) is 5.82 Å². The number of nitrogens with one attached hydrogen (secondary N) is 1. The Morgan fingerprint density at radius 3 is 2.62 bits per heavy atom. The molecule has 0 amide bonds. The van der Waals surface area contributed by atoms with Gasteiger partial charge in [-0.2, -0.15) is 0 Å². The van der Waals surface area contributed by atoms with Crippen molar-refractivity contribution in [3.63, 3.8) is 0 Å². The van der Waals surface area contributed by atoms with Gasteiger partial charge in [-0.25, -0.2) is 19.9 Å². The molecule has 5 rings (SSSR count). The number of hydrogen-bond donors (Lipinski definition) is 1. The molecule has 2 atom stereocenters. The molecule has 2 unspecified atom stereocenters. The molecular weight excluding hydrogens is 406 g/mol. The van der Waals surface area contributed by atoms with E-state index in [1.807, 2.05) is 6.20 Å². The van der Waals surface area contributed by atoms with Gasteiger partial charge in [0, 0.05) is 57.7 Å². The molecular formula is C23H27N7O2. The summed E-state index contributed by atoms with van der Waals surface area (Å²) in [7, 11) is 0. The van der Waals surface area contributed by atoms with E-state index in [0.29, 0.717) is 17.9 Å². The van der Waals surface area contributed by atoms with Crippen LogP contribution in [0.15, 0.2) is 41.8 Å². The van der Waals surface area contributed by atoms with Crippen molar-refractivity contribution in [2.24, 2.45) is 0 Å². The quantitative estimate of drug-likeness (QED) is 0.665. The fourth-order valence-electron chi connectivity index (χ4n) is 4.49. The van der Waals surface area contributed by atoms with Crippen LogP contribution in [-0.4, -0.2) is 61.7 Å². The van der Waals surface area contributed by atoms with Gasteiger partial charge in [0.1, 0.15) is 18.0 Å². The van der Waals surface area contributed by atoms with E-state index >= 15 is 0 Å². The van der Waals surface area contributed by atoms with Crippen LogP contribution < -0.4 is 10.5 Å². The summed E-state index contributed by atoms with van der Waals surface area (Å²) in [6, 6.07) is 4.21. The first-order valence-corrected chi connectivity index (χ1v) is 11.0. The van der Waals surface area contributed by atoms with Crippen molar-refractivity contribution < 1.29 is 4.74 Å². The van der Waals surface area contributed by atoms with Crippen LogP contribution in [0.5, 0.6) is 0 Å². The van der Waals surface area contributed by atoms with E-state index in [1.165, 1.54) is 6.33 Å². The summed E-state index contributed by atoms with van der Waals surface area (Å²) >= 11 is 0. The van der Waals surface area contributed by atoms with Gasteiger partial charge in [-0.05, 0) is 25.5 Å². The van der Waals surface area contributed by atoms with Crippen molar-refractivity contribution in [1.82, 2.24) is 29.8 Å². The lowest BCUT2D eigenvalue weighted by molar-refractivity contribution is -0.00546. The Kier molecular flexibility index (Phi) is 5.67. The number of morpholine rings is 1. The average Bonchev–Trinajstić information content (AvgIpc) is 2.80. The molecule has 0 aliphatic carbocycles. The van der Waals surface area contributed by atoms with E-state index in [2.05, 4.69) is 55.7 Å². The summed E-state index contributed by atoms with van der Waals surface area (Å²) in [6.45, 7) is 8.06. The van der Waals surface area contributed by atoms with E-state index in [4.69, 9.17) is 9.72 Å². The Labute approximate surface area is 186 Å². The zero-order valence-electron chi connectivity index (χ0n) is 18.4. The largest absolute Gasteiger partial charge is 0.372 e. The number of aromatic nitrogens is 5.